The number of aromatic nitrogens is 2. The number of unbranched alkanes of at least 4 members (excludes halogenated alkanes) is 2. The van der Waals surface area contributed by atoms with Crippen molar-refractivity contribution in [2.45, 2.75) is 52.5 Å². The summed E-state index contributed by atoms with van der Waals surface area (Å²) >= 11 is 0. The summed E-state index contributed by atoms with van der Waals surface area (Å²) < 4.78 is 2.29. The van der Waals surface area contributed by atoms with Crippen molar-refractivity contribution in [2.24, 2.45) is 0 Å². The van der Waals surface area contributed by atoms with Gasteiger partial charge in [-0.1, -0.05) is 26.7 Å². The number of rotatable bonds is 6. The maximum absolute atomic E-state index is 4.37. The zero-order valence-corrected chi connectivity index (χ0v) is 8.79. The van der Waals surface area contributed by atoms with E-state index in [0.717, 1.165) is 13.0 Å². The molecule has 1 heterocycles. The van der Waals surface area contributed by atoms with Gasteiger partial charge >= 0.3 is 0 Å². The fourth-order valence-electron chi connectivity index (χ4n) is 1.44. The van der Waals surface area contributed by atoms with E-state index in [1.165, 1.54) is 31.5 Å². The Kier molecular flexibility index (Phi) is 4.58. The molecule has 0 fully saturated rings. The Bertz CT molecular complexity index is 205. The summed E-state index contributed by atoms with van der Waals surface area (Å²) in [5.41, 5.74) is 0. The van der Waals surface area contributed by atoms with Crippen LogP contribution in [-0.4, -0.2) is 9.55 Å². The van der Waals surface area contributed by atoms with E-state index in [2.05, 4.69) is 29.6 Å². The Morgan fingerprint density at radius 2 is 2.00 bits per heavy atom. The first-order chi connectivity index (χ1) is 6.38. The lowest BCUT2D eigenvalue weighted by atomic mass is 10.2. The summed E-state index contributed by atoms with van der Waals surface area (Å²) in [5, 5.41) is 0. The van der Waals surface area contributed by atoms with Gasteiger partial charge in [0.05, 0.1) is 0 Å². The van der Waals surface area contributed by atoms with Crippen LogP contribution in [0.2, 0.25) is 0 Å². The molecule has 0 radical (unpaired) electrons. The monoisotopic (exact) mass is 180 g/mol. The lowest BCUT2D eigenvalue weighted by molar-refractivity contribution is 0.591. The van der Waals surface area contributed by atoms with Gasteiger partial charge in [-0.15, -0.1) is 0 Å². The molecule has 0 N–H and O–H groups in total. The third-order valence-electron chi connectivity index (χ3n) is 2.31. The first-order valence-corrected chi connectivity index (χ1v) is 5.38. The smallest absolute Gasteiger partial charge is 0.108 e. The molecule has 0 unspecified atom stereocenters. The number of aryl methyl sites for hydroxylation is 2. The number of hydrogen-bond donors (Lipinski definition) is 0. The lowest BCUT2D eigenvalue weighted by Crippen LogP contribution is -2.02. The van der Waals surface area contributed by atoms with E-state index in [1.807, 2.05) is 6.20 Å². The minimum Gasteiger partial charge on any atom is -0.335 e. The van der Waals surface area contributed by atoms with Crippen molar-refractivity contribution in [3.63, 3.8) is 0 Å². The molecule has 0 aliphatic heterocycles. The number of nitrogens with zero attached hydrogens (tertiary/aromatic N) is 2. The molecule has 13 heavy (non-hydrogen) atoms. The van der Waals surface area contributed by atoms with Gasteiger partial charge in [0.25, 0.3) is 0 Å². The Labute approximate surface area is 81.0 Å². The fraction of sp³-hybridized carbons (Fsp3) is 0.727. The highest BCUT2D eigenvalue weighted by Gasteiger charge is 2.00. The molecule has 0 spiro atoms. The number of hydrogen-bond acceptors (Lipinski definition) is 1. The third kappa shape index (κ3) is 3.21. The standard InChI is InChI=1S/C11H20N2/c1-3-5-7-11-12-8-10-13(11)9-6-4-2/h8,10H,3-7,9H2,1-2H3. The largest absolute Gasteiger partial charge is 0.335 e. The SMILES string of the molecule is CCCCc1nccn1CCCC. The summed E-state index contributed by atoms with van der Waals surface area (Å²) in [6.07, 6.45) is 10.2. The summed E-state index contributed by atoms with van der Waals surface area (Å²) in [4.78, 5) is 4.37. The molecule has 0 aromatic carbocycles. The topological polar surface area (TPSA) is 17.8 Å². The Morgan fingerprint density at radius 1 is 1.23 bits per heavy atom. The van der Waals surface area contributed by atoms with Crippen molar-refractivity contribution in [3.8, 4) is 0 Å². The first kappa shape index (κ1) is 10.3. The molecule has 74 valence electrons. The van der Waals surface area contributed by atoms with Gasteiger partial charge in [-0.25, -0.2) is 4.98 Å². The van der Waals surface area contributed by atoms with E-state index >= 15 is 0 Å². The fourth-order valence-corrected chi connectivity index (χ4v) is 1.44. The molecular formula is C11H20N2. The molecule has 2 nitrogen and oxygen atoms in total. The predicted octanol–water partition coefficient (Wildman–Crippen LogP) is 3.03. The maximum Gasteiger partial charge on any atom is 0.108 e. The molecule has 0 saturated heterocycles. The van der Waals surface area contributed by atoms with Gasteiger partial charge in [0.15, 0.2) is 0 Å². The second kappa shape index (κ2) is 5.79. The van der Waals surface area contributed by atoms with E-state index in [4.69, 9.17) is 0 Å². The molecule has 0 amide bonds. The van der Waals surface area contributed by atoms with Crippen LogP contribution in [0.25, 0.3) is 0 Å². The normalized spacial score (nSPS) is 10.6. The van der Waals surface area contributed by atoms with Gasteiger partial charge in [0.1, 0.15) is 5.82 Å². The van der Waals surface area contributed by atoms with Gasteiger partial charge in [-0.05, 0) is 12.8 Å². The second-order valence-electron chi connectivity index (χ2n) is 3.49. The van der Waals surface area contributed by atoms with Crippen LogP contribution in [-0.2, 0) is 13.0 Å². The van der Waals surface area contributed by atoms with Crippen LogP contribution in [0.4, 0.5) is 0 Å². The van der Waals surface area contributed by atoms with Crippen LogP contribution in [0.1, 0.15) is 45.4 Å². The minimum atomic E-state index is 1.13. The minimum absolute atomic E-state index is 1.13. The average Bonchev–Trinajstić information content (AvgIpc) is 2.59. The van der Waals surface area contributed by atoms with Crippen LogP contribution in [0.3, 0.4) is 0 Å². The van der Waals surface area contributed by atoms with Crippen molar-refractivity contribution in [3.05, 3.63) is 18.2 Å². The molecule has 1 aromatic heterocycles. The van der Waals surface area contributed by atoms with Crippen molar-refractivity contribution in [1.29, 1.82) is 0 Å². The Morgan fingerprint density at radius 3 is 2.69 bits per heavy atom. The zero-order chi connectivity index (χ0) is 9.52. The van der Waals surface area contributed by atoms with Crippen molar-refractivity contribution >= 4 is 0 Å². The molecule has 1 aromatic rings. The molecule has 0 saturated carbocycles. The average molecular weight is 180 g/mol. The summed E-state index contributed by atoms with van der Waals surface area (Å²) in [6.45, 7) is 5.58. The number of imidazole rings is 1. The van der Waals surface area contributed by atoms with Crippen molar-refractivity contribution in [1.82, 2.24) is 9.55 Å². The molecule has 1 rings (SSSR count). The molecule has 0 aliphatic carbocycles. The van der Waals surface area contributed by atoms with Crippen LogP contribution < -0.4 is 0 Å². The van der Waals surface area contributed by atoms with Crippen molar-refractivity contribution < 1.29 is 0 Å². The van der Waals surface area contributed by atoms with Crippen LogP contribution in [0.15, 0.2) is 12.4 Å². The summed E-state index contributed by atoms with van der Waals surface area (Å²) in [5.74, 6) is 1.26. The molecule has 0 aliphatic rings. The summed E-state index contributed by atoms with van der Waals surface area (Å²) in [6, 6.07) is 0. The van der Waals surface area contributed by atoms with Gasteiger partial charge in [-0.2, -0.15) is 0 Å². The van der Waals surface area contributed by atoms with Crippen LogP contribution in [0.5, 0.6) is 0 Å². The van der Waals surface area contributed by atoms with E-state index in [1.54, 1.807) is 0 Å². The maximum atomic E-state index is 4.37. The zero-order valence-electron chi connectivity index (χ0n) is 8.79. The van der Waals surface area contributed by atoms with Gasteiger partial charge in [-0.3, -0.25) is 0 Å². The molecular weight excluding hydrogens is 160 g/mol. The van der Waals surface area contributed by atoms with E-state index in [0.29, 0.717) is 0 Å². The van der Waals surface area contributed by atoms with Gasteiger partial charge in [0, 0.05) is 25.4 Å². The van der Waals surface area contributed by atoms with E-state index in [-0.39, 0.29) is 0 Å². The van der Waals surface area contributed by atoms with Crippen LogP contribution in [0, 0.1) is 0 Å². The molecule has 0 atom stereocenters. The van der Waals surface area contributed by atoms with Crippen molar-refractivity contribution in [2.75, 3.05) is 0 Å². The summed E-state index contributed by atoms with van der Waals surface area (Å²) in [7, 11) is 0. The highest BCUT2D eigenvalue weighted by atomic mass is 15.1. The van der Waals surface area contributed by atoms with E-state index < -0.39 is 0 Å². The third-order valence-corrected chi connectivity index (χ3v) is 2.31. The highest BCUT2D eigenvalue weighted by Crippen LogP contribution is 2.05. The predicted molar refractivity (Wildman–Crippen MR) is 55.7 cm³/mol. The highest BCUT2D eigenvalue weighted by molar-refractivity contribution is 4.92. The first-order valence-electron chi connectivity index (χ1n) is 5.38. The van der Waals surface area contributed by atoms with Gasteiger partial charge < -0.3 is 4.57 Å². The van der Waals surface area contributed by atoms with E-state index in [9.17, 15) is 0 Å². The van der Waals surface area contributed by atoms with Crippen LogP contribution >= 0.6 is 0 Å². The Balaban J connectivity index is 2.45. The second-order valence-corrected chi connectivity index (χ2v) is 3.49. The quantitative estimate of drug-likeness (QED) is 0.658. The lowest BCUT2D eigenvalue weighted by Gasteiger charge is -2.05. The van der Waals surface area contributed by atoms with Gasteiger partial charge in [0.2, 0.25) is 0 Å². The molecule has 0 bridgehead atoms. The molecule has 2 heteroatoms. The Hall–Kier alpha value is -0.790.